The number of hydrogen-bond acceptors (Lipinski definition) is 6. The van der Waals surface area contributed by atoms with Crippen LogP contribution in [0.25, 0.3) is 17.1 Å². The van der Waals surface area contributed by atoms with E-state index in [0.717, 1.165) is 29.1 Å². The summed E-state index contributed by atoms with van der Waals surface area (Å²) >= 11 is 0. The van der Waals surface area contributed by atoms with Crippen molar-refractivity contribution in [3.63, 3.8) is 0 Å². The van der Waals surface area contributed by atoms with Crippen LogP contribution in [-0.2, 0) is 11.2 Å². The molecule has 0 saturated heterocycles. The van der Waals surface area contributed by atoms with E-state index in [9.17, 15) is 4.79 Å². The quantitative estimate of drug-likeness (QED) is 0.434. The SMILES string of the molecule is CCc1cccc(-c2cc(Nc3ccccc3C(=O)OC)n(-c3nc(C)cnc3C)n2)c1. The van der Waals surface area contributed by atoms with Gasteiger partial charge < -0.3 is 10.1 Å². The maximum absolute atomic E-state index is 12.3. The van der Waals surface area contributed by atoms with Crippen molar-refractivity contribution in [2.24, 2.45) is 0 Å². The average molecular weight is 428 g/mol. The number of anilines is 2. The molecule has 0 spiro atoms. The lowest BCUT2D eigenvalue weighted by Crippen LogP contribution is -2.10. The first kappa shape index (κ1) is 21.2. The lowest BCUT2D eigenvalue weighted by molar-refractivity contribution is 0.0602. The molecule has 0 aliphatic rings. The van der Waals surface area contributed by atoms with Crippen molar-refractivity contribution in [3.05, 3.63) is 83.3 Å². The molecule has 0 bridgehead atoms. The monoisotopic (exact) mass is 427 g/mol. The zero-order chi connectivity index (χ0) is 22.7. The molecule has 2 aromatic carbocycles. The number of nitrogens with one attached hydrogen (secondary N) is 1. The summed E-state index contributed by atoms with van der Waals surface area (Å²) in [6.45, 7) is 5.91. The third kappa shape index (κ3) is 4.23. The van der Waals surface area contributed by atoms with Crippen LogP contribution >= 0.6 is 0 Å². The van der Waals surface area contributed by atoms with Crippen LogP contribution in [0.2, 0.25) is 0 Å². The Bertz CT molecular complexity index is 1280. The van der Waals surface area contributed by atoms with Gasteiger partial charge >= 0.3 is 5.97 Å². The molecule has 0 saturated carbocycles. The van der Waals surface area contributed by atoms with Gasteiger partial charge in [0.05, 0.1) is 35.4 Å². The average Bonchev–Trinajstić information content (AvgIpc) is 3.24. The Kier molecular flexibility index (Phi) is 5.98. The van der Waals surface area contributed by atoms with Gasteiger partial charge in [-0.2, -0.15) is 9.78 Å². The summed E-state index contributed by atoms with van der Waals surface area (Å²) in [7, 11) is 1.37. The Morgan fingerprint density at radius 2 is 1.91 bits per heavy atom. The molecule has 0 aliphatic carbocycles. The molecule has 4 aromatic rings. The number of benzene rings is 2. The normalized spacial score (nSPS) is 10.8. The van der Waals surface area contributed by atoms with Gasteiger partial charge in [0.25, 0.3) is 0 Å². The number of methoxy groups -OCH3 is 1. The number of aromatic nitrogens is 4. The van der Waals surface area contributed by atoms with Crippen molar-refractivity contribution in [2.45, 2.75) is 27.2 Å². The molecule has 0 amide bonds. The fourth-order valence-corrected chi connectivity index (χ4v) is 3.47. The number of aryl methyl sites for hydroxylation is 3. The van der Waals surface area contributed by atoms with Gasteiger partial charge in [0.15, 0.2) is 5.82 Å². The first-order chi connectivity index (χ1) is 15.5. The fraction of sp³-hybridized carbons (Fsp3) is 0.200. The summed E-state index contributed by atoms with van der Waals surface area (Å²) in [4.78, 5) is 21.4. The molecular weight excluding hydrogens is 402 g/mol. The van der Waals surface area contributed by atoms with Crippen molar-refractivity contribution in [3.8, 4) is 17.1 Å². The molecule has 4 rings (SSSR count). The van der Waals surface area contributed by atoms with E-state index in [-0.39, 0.29) is 0 Å². The molecule has 0 unspecified atom stereocenters. The van der Waals surface area contributed by atoms with Crippen molar-refractivity contribution in [1.82, 2.24) is 19.7 Å². The second-order valence-electron chi connectivity index (χ2n) is 7.46. The third-order valence-corrected chi connectivity index (χ3v) is 5.19. The first-order valence-corrected chi connectivity index (χ1v) is 10.4. The number of para-hydroxylation sites is 1. The summed E-state index contributed by atoms with van der Waals surface area (Å²) in [6, 6.07) is 17.5. The van der Waals surface area contributed by atoms with Crippen LogP contribution in [0, 0.1) is 13.8 Å². The molecule has 0 radical (unpaired) electrons. The van der Waals surface area contributed by atoms with Crippen LogP contribution in [0.3, 0.4) is 0 Å². The number of nitrogens with zero attached hydrogens (tertiary/aromatic N) is 4. The van der Waals surface area contributed by atoms with Crippen molar-refractivity contribution in [1.29, 1.82) is 0 Å². The Labute approximate surface area is 187 Å². The van der Waals surface area contributed by atoms with Crippen LogP contribution in [0.15, 0.2) is 60.8 Å². The van der Waals surface area contributed by atoms with Crippen molar-refractivity contribution >= 4 is 17.5 Å². The second kappa shape index (κ2) is 9.01. The minimum Gasteiger partial charge on any atom is -0.465 e. The summed E-state index contributed by atoms with van der Waals surface area (Å²) < 4.78 is 6.67. The first-order valence-electron chi connectivity index (χ1n) is 10.4. The maximum atomic E-state index is 12.3. The molecular formula is C25H25N5O2. The standard InChI is InChI=1S/C25H25N5O2/c1-5-18-9-8-10-19(13-18)22-14-23(28-21-12-7-6-11-20(21)25(31)32-4)30(29-22)24-17(3)26-15-16(2)27-24/h6-15,28H,5H2,1-4H3. The molecule has 1 N–H and O–H groups in total. The Balaban J connectivity index is 1.86. The van der Waals surface area contributed by atoms with Gasteiger partial charge in [-0.15, -0.1) is 0 Å². The minimum absolute atomic E-state index is 0.415. The summed E-state index contributed by atoms with van der Waals surface area (Å²) in [5, 5.41) is 8.21. The molecule has 0 aliphatic heterocycles. The third-order valence-electron chi connectivity index (χ3n) is 5.19. The lowest BCUT2D eigenvalue weighted by atomic mass is 10.1. The van der Waals surface area contributed by atoms with Crippen molar-refractivity contribution < 1.29 is 9.53 Å². The summed E-state index contributed by atoms with van der Waals surface area (Å²) in [5.74, 6) is 0.878. The van der Waals surface area contributed by atoms with Crippen LogP contribution in [0.1, 0.15) is 34.2 Å². The van der Waals surface area contributed by atoms with Gasteiger partial charge in [-0.3, -0.25) is 4.98 Å². The van der Waals surface area contributed by atoms with Gasteiger partial charge in [-0.05, 0) is 44.0 Å². The summed E-state index contributed by atoms with van der Waals surface area (Å²) in [5.41, 5.74) is 5.62. The molecule has 2 aromatic heterocycles. The topological polar surface area (TPSA) is 81.9 Å². The van der Waals surface area contributed by atoms with E-state index in [0.29, 0.717) is 22.9 Å². The zero-order valence-corrected chi connectivity index (χ0v) is 18.6. The van der Waals surface area contributed by atoms with E-state index in [2.05, 4.69) is 34.3 Å². The second-order valence-corrected chi connectivity index (χ2v) is 7.46. The van der Waals surface area contributed by atoms with Crippen LogP contribution in [0.4, 0.5) is 11.5 Å². The predicted octanol–water partition coefficient (Wildman–Crippen LogP) is 5.04. The van der Waals surface area contributed by atoms with Gasteiger partial charge in [0.2, 0.25) is 0 Å². The fourth-order valence-electron chi connectivity index (χ4n) is 3.47. The number of carbonyl (C=O) groups is 1. The Morgan fingerprint density at radius 1 is 1.09 bits per heavy atom. The van der Waals surface area contributed by atoms with Crippen LogP contribution in [0.5, 0.6) is 0 Å². The Morgan fingerprint density at radius 3 is 2.69 bits per heavy atom. The number of hydrogen-bond donors (Lipinski definition) is 1. The zero-order valence-electron chi connectivity index (χ0n) is 18.6. The molecule has 2 heterocycles. The molecule has 7 nitrogen and oxygen atoms in total. The van der Waals surface area contributed by atoms with E-state index in [4.69, 9.17) is 9.84 Å². The molecule has 0 atom stereocenters. The molecule has 162 valence electrons. The highest BCUT2D eigenvalue weighted by molar-refractivity contribution is 5.96. The Hall–Kier alpha value is -4.00. The van der Waals surface area contributed by atoms with Crippen LogP contribution in [-0.4, -0.2) is 32.8 Å². The minimum atomic E-state index is -0.415. The maximum Gasteiger partial charge on any atom is 0.339 e. The van der Waals surface area contributed by atoms with E-state index in [1.807, 2.05) is 44.2 Å². The van der Waals surface area contributed by atoms with Crippen molar-refractivity contribution in [2.75, 3.05) is 12.4 Å². The van der Waals surface area contributed by atoms with E-state index >= 15 is 0 Å². The number of rotatable bonds is 6. The largest absolute Gasteiger partial charge is 0.465 e. The van der Waals surface area contributed by atoms with Gasteiger partial charge in [0.1, 0.15) is 5.82 Å². The van der Waals surface area contributed by atoms with Crippen LogP contribution < -0.4 is 5.32 Å². The smallest absolute Gasteiger partial charge is 0.339 e. The van der Waals surface area contributed by atoms with Gasteiger partial charge in [-0.1, -0.05) is 37.3 Å². The predicted molar refractivity (Wildman–Crippen MR) is 125 cm³/mol. The summed E-state index contributed by atoms with van der Waals surface area (Å²) in [6.07, 6.45) is 2.67. The molecule has 0 fully saturated rings. The number of esters is 1. The molecule has 32 heavy (non-hydrogen) atoms. The molecule has 7 heteroatoms. The van der Waals surface area contributed by atoms with E-state index < -0.39 is 5.97 Å². The highest BCUT2D eigenvalue weighted by Gasteiger charge is 2.18. The number of carbonyl (C=O) groups excluding carboxylic acids is 1. The highest BCUT2D eigenvalue weighted by Crippen LogP contribution is 2.29. The highest BCUT2D eigenvalue weighted by atomic mass is 16.5. The van der Waals surface area contributed by atoms with E-state index in [1.54, 1.807) is 23.0 Å². The van der Waals surface area contributed by atoms with E-state index in [1.165, 1.54) is 12.7 Å². The van der Waals surface area contributed by atoms with Gasteiger partial charge in [0, 0.05) is 17.8 Å². The van der Waals surface area contributed by atoms with Gasteiger partial charge in [-0.25, -0.2) is 9.78 Å². The number of ether oxygens (including phenoxy) is 1. The lowest BCUT2D eigenvalue weighted by Gasteiger charge is -2.13.